The molecule has 0 unspecified atom stereocenters. The molecule has 4 heteroatoms. The lowest BCUT2D eigenvalue weighted by Crippen LogP contribution is -2.09. The maximum atomic E-state index is 6.52. The van der Waals surface area contributed by atoms with Crippen molar-refractivity contribution in [3.05, 3.63) is 170 Å². The molecule has 3 heterocycles. The van der Waals surface area contributed by atoms with Crippen molar-refractivity contribution in [3.63, 3.8) is 0 Å². The summed E-state index contributed by atoms with van der Waals surface area (Å²) in [6.07, 6.45) is 0. The van der Waals surface area contributed by atoms with Gasteiger partial charge in [0.2, 0.25) is 0 Å². The zero-order valence-corrected chi connectivity index (χ0v) is 26.7. The highest BCUT2D eigenvalue weighted by Crippen LogP contribution is 2.44. The molecule has 0 bridgehead atoms. The molecule has 48 heavy (non-hydrogen) atoms. The minimum Gasteiger partial charge on any atom is -0.454 e. The summed E-state index contributed by atoms with van der Waals surface area (Å²) in [5, 5.41) is 4.84. The molecule has 0 fully saturated rings. The van der Waals surface area contributed by atoms with E-state index in [2.05, 4.69) is 179 Å². The van der Waals surface area contributed by atoms with Crippen LogP contribution in [0.3, 0.4) is 0 Å². The van der Waals surface area contributed by atoms with E-state index in [9.17, 15) is 0 Å². The fraction of sp³-hybridized carbons (Fsp3) is 0. The number of fused-ring (bicyclic) bond motifs is 8. The van der Waals surface area contributed by atoms with Gasteiger partial charge in [0, 0.05) is 55.1 Å². The van der Waals surface area contributed by atoms with E-state index in [0.717, 1.165) is 33.6 Å². The summed E-state index contributed by atoms with van der Waals surface area (Å²) in [5.74, 6) is 0. The zero-order chi connectivity index (χ0) is 31.6. The number of hydrogen-bond donors (Lipinski definition) is 0. The van der Waals surface area contributed by atoms with Crippen LogP contribution < -0.4 is 4.90 Å². The van der Waals surface area contributed by atoms with Gasteiger partial charge in [-0.1, -0.05) is 84.9 Å². The summed E-state index contributed by atoms with van der Waals surface area (Å²) in [7, 11) is 0. The van der Waals surface area contributed by atoms with Gasteiger partial charge in [-0.25, -0.2) is 0 Å². The molecule has 0 aliphatic carbocycles. The second-order valence-electron chi connectivity index (χ2n) is 12.2. The highest BCUT2D eigenvalue weighted by atomic mass is 32.1. The van der Waals surface area contributed by atoms with Crippen LogP contribution in [0.1, 0.15) is 0 Å². The van der Waals surface area contributed by atoms with Gasteiger partial charge in [0.05, 0.1) is 15.7 Å². The van der Waals surface area contributed by atoms with Crippen LogP contribution in [0, 0.1) is 0 Å². The van der Waals surface area contributed by atoms with E-state index in [1.54, 1.807) is 11.3 Å². The third-order valence-electron chi connectivity index (χ3n) is 9.39. The maximum Gasteiger partial charge on any atom is 0.154 e. The lowest BCUT2D eigenvalue weighted by Gasteiger charge is -2.25. The second kappa shape index (κ2) is 10.7. The van der Waals surface area contributed by atoms with Crippen molar-refractivity contribution in [3.8, 4) is 16.8 Å². The first-order chi connectivity index (χ1) is 23.8. The van der Waals surface area contributed by atoms with Crippen molar-refractivity contribution < 1.29 is 4.42 Å². The predicted molar refractivity (Wildman–Crippen MR) is 204 cm³/mol. The lowest BCUT2D eigenvalue weighted by molar-refractivity contribution is 0.673. The van der Waals surface area contributed by atoms with Gasteiger partial charge in [0.25, 0.3) is 0 Å². The number of anilines is 3. The molecular weight excluding hydrogens is 605 g/mol. The molecule has 10 aromatic rings. The molecule has 0 amide bonds. The Morgan fingerprint density at radius 3 is 1.94 bits per heavy atom. The van der Waals surface area contributed by atoms with Crippen molar-refractivity contribution >= 4 is 81.5 Å². The standard InChI is InChI=1S/C44H28N2OS/c1-3-11-31(12-4-1)45(34-24-25-36-41(28-34)47-43-37-16-8-10-18-42(37)48-44(36)43)33-22-19-29(20-23-33)30-21-26-40-38(27-30)35-15-7-9-17-39(35)46(40)32-13-5-2-6-14-32/h1-28H. The molecule has 0 N–H and O–H groups in total. The number of furan rings is 1. The van der Waals surface area contributed by atoms with E-state index in [1.165, 1.54) is 53.4 Å². The molecular formula is C44H28N2OS. The van der Waals surface area contributed by atoms with Crippen LogP contribution >= 0.6 is 11.3 Å². The van der Waals surface area contributed by atoms with Gasteiger partial charge in [-0.2, -0.15) is 0 Å². The van der Waals surface area contributed by atoms with Crippen LogP contribution in [-0.2, 0) is 0 Å². The summed E-state index contributed by atoms with van der Waals surface area (Å²) in [4.78, 5) is 2.30. The van der Waals surface area contributed by atoms with Crippen molar-refractivity contribution in [1.29, 1.82) is 0 Å². The molecule has 0 spiro atoms. The van der Waals surface area contributed by atoms with Gasteiger partial charge >= 0.3 is 0 Å². The average Bonchev–Trinajstić information content (AvgIpc) is 3.80. The SMILES string of the molecule is c1ccc(N(c2ccc(-c3ccc4c(c3)c3ccccc3n4-c3ccccc3)cc2)c2ccc3c(c2)oc2c4ccccc4sc32)cc1. The van der Waals surface area contributed by atoms with Gasteiger partial charge in [-0.05, 0) is 90.0 Å². The number of thiophene rings is 1. The minimum absolute atomic E-state index is 0.903. The number of hydrogen-bond acceptors (Lipinski definition) is 3. The van der Waals surface area contributed by atoms with Crippen molar-refractivity contribution in [2.24, 2.45) is 0 Å². The Kier molecular flexibility index (Phi) is 6.05. The number of nitrogens with zero attached hydrogens (tertiary/aromatic N) is 2. The summed E-state index contributed by atoms with van der Waals surface area (Å²) in [6.45, 7) is 0. The lowest BCUT2D eigenvalue weighted by atomic mass is 10.0. The quantitative estimate of drug-likeness (QED) is 0.188. The molecule has 0 atom stereocenters. The number of benzene rings is 7. The van der Waals surface area contributed by atoms with Gasteiger partial charge < -0.3 is 13.9 Å². The van der Waals surface area contributed by atoms with Gasteiger partial charge in [-0.3, -0.25) is 0 Å². The fourth-order valence-electron chi connectivity index (χ4n) is 7.17. The van der Waals surface area contributed by atoms with Crippen molar-refractivity contribution in [1.82, 2.24) is 4.57 Å². The molecule has 0 aliphatic heterocycles. The highest BCUT2D eigenvalue weighted by Gasteiger charge is 2.18. The Bertz CT molecular complexity index is 2770. The largest absolute Gasteiger partial charge is 0.454 e. The van der Waals surface area contributed by atoms with Crippen LogP contribution in [-0.4, -0.2) is 4.57 Å². The zero-order valence-electron chi connectivity index (χ0n) is 25.9. The molecule has 226 valence electrons. The molecule has 0 saturated heterocycles. The third-order valence-corrected chi connectivity index (χ3v) is 10.6. The molecule has 10 rings (SSSR count). The topological polar surface area (TPSA) is 21.3 Å². The minimum atomic E-state index is 0.903. The van der Waals surface area contributed by atoms with Crippen LogP contribution in [0.25, 0.3) is 70.0 Å². The van der Waals surface area contributed by atoms with E-state index in [4.69, 9.17) is 4.42 Å². The average molecular weight is 633 g/mol. The Hall–Kier alpha value is -6.10. The fourth-order valence-corrected chi connectivity index (χ4v) is 8.33. The van der Waals surface area contributed by atoms with Crippen LogP contribution in [0.5, 0.6) is 0 Å². The molecule has 7 aromatic carbocycles. The normalized spacial score (nSPS) is 11.8. The summed E-state index contributed by atoms with van der Waals surface area (Å²) >= 11 is 1.80. The first-order valence-corrected chi connectivity index (χ1v) is 17.0. The molecule has 0 aliphatic rings. The number of para-hydroxylation sites is 3. The summed E-state index contributed by atoms with van der Waals surface area (Å²) < 4.78 is 11.3. The van der Waals surface area contributed by atoms with Gasteiger partial charge in [-0.15, -0.1) is 11.3 Å². The monoisotopic (exact) mass is 632 g/mol. The first-order valence-electron chi connectivity index (χ1n) is 16.2. The summed E-state index contributed by atoms with van der Waals surface area (Å²) in [6, 6.07) is 60.6. The van der Waals surface area contributed by atoms with E-state index in [-0.39, 0.29) is 0 Å². The second-order valence-corrected chi connectivity index (χ2v) is 13.2. The number of rotatable bonds is 5. The van der Waals surface area contributed by atoms with E-state index < -0.39 is 0 Å². The van der Waals surface area contributed by atoms with Crippen molar-refractivity contribution in [2.45, 2.75) is 0 Å². The Labute approximate surface area is 281 Å². The first kappa shape index (κ1) is 27.1. The van der Waals surface area contributed by atoms with E-state index >= 15 is 0 Å². The smallest absolute Gasteiger partial charge is 0.154 e. The summed E-state index contributed by atoms with van der Waals surface area (Å²) in [5.41, 5.74) is 11.1. The molecule has 0 saturated carbocycles. The maximum absolute atomic E-state index is 6.52. The Balaban J connectivity index is 1.07. The Morgan fingerprint density at radius 1 is 0.458 bits per heavy atom. The molecule has 3 aromatic heterocycles. The third kappa shape index (κ3) is 4.20. The predicted octanol–water partition coefficient (Wildman–Crippen LogP) is 13.0. The van der Waals surface area contributed by atoms with Crippen molar-refractivity contribution in [2.75, 3.05) is 4.90 Å². The number of aromatic nitrogens is 1. The Morgan fingerprint density at radius 2 is 1.10 bits per heavy atom. The van der Waals surface area contributed by atoms with E-state index in [0.29, 0.717) is 0 Å². The van der Waals surface area contributed by atoms with Crippen LogP contribution in [0.2, 0.25) is 0 Å². The highest BCUT2D eigenvalue weighted by molar-refractivity contribution is 7.26. The molecule has 0 radical (unpaired) electrons. The molecule has 3 nitrogen and oxygen atoms in total. The van der Waals surface area contributed by atoms with Gasteiger partial charge in [0.15, 0.2) is 5.58 Å². The van der Waals surface area contributed by atoms with E-state index in [1.807, 2.05) is 0 Å². The van der Waals surface area contributed by atoms with Gasteiger partial charge in [0.1, 0.15) is 5.58 Å². The van der Waals surface area contributed by atoms with Crippen LogP contribution in [0.4, 0.5) is 17.1 Å². The van der Waals surface area contributed by atoms with Crippen LogP contribution in [0.15, 0.2) is 174 Å².